The third-order valence-electron chi connectivity index (χ3n) is 1.36. The predicted octanol–water partition coefficient (Wildman–Crippen LogP) is 1.22. The highest BCUT2D eigenvalue weighted by Gasteiger charge is 2.04. The summed E-state index contributed by atoms with van der Waals surface area (Å²) < 4.78 is 33.8. The highest BCUT2D eigenvalue weighted by Crippen LogP contribution is 2.12. The minimum absolute atomic E-state index is 0.428. The maximum Gasteiger partial charge on any atom is 0.300 e. The minimum Gasteiger partial charge on any atom is -0.475 e. The van der Waals surface area contributed by atoms with Crippen molar-refractivity contribution in [3.05, 3.63) is 29.8 Å². The summed E-state index contributed by atoms with van der Waals surface area (Å²) in [6, 6.07) is 6.92. The topological polar surface area (TPSA) is 63.6 Å². The Morgan fingerprint density at radius 3 is 2.69 bits per heavy atom. The summed E-state index contributed by atoms with van der Waals surface area (Å²) in [5.41, 5.74) is 0.966. The van der Waals surface area contributed by atoms with Gasteiger partial charge in [0, 0.05) is 0 Å². The Balaban J connectivity index is 2.65. The van der Waals surface area contributed by atoms with Gasteiger partial charge in [0.25, 0.3) is 0 Å². The first-order chi connectivity index (χ1) is 5.97. The molecule has 0 amide bonds. The lowest BCUT2D eigenvalue weighted by molar-refractivity contribution is 0.352. The zero-order chi connectivity index (χ0) is 9.90. The van der Waals surface area contributed by atoms with Crippen molar-refractivity contribution >= 4 is 10.1 Å². The lowest BCUT2D eigenvalue weighted by Gasteiger charge is -2.03. The van der Waals surface area contributed by atoms with Gasteiger partial charge in [-0.3, -0.25) is 4.55 Å². The molecule has 0 aliphatic carbocycles. The van der Waals surface area contributed by atoms with Crippen LogP contribution in [0.5, 0.6) is 5.75 Å². The first-order valence-electron chi connectivity index (χ1n) is 3.62. The Morgan fingerprint density at radius 2 is 2.15 bits per heavy atom. The molecule has 0 radical (unpaired) electrons. The highest BCUT2D eigenvalue weighted by atomic mass is 32.2. The quantitative estimate of drug-likeness (QED) is 0.748. The monoisotopic (exact) mass is 202 g/mol. The molecule has 0 saturated heterocycles. The predicted molar refractivity (Wildman–Crippen MR) is 48.2 cm³/mol. The Bertz CT molecular complexity index is 383. The molecule has 5 heteroatoms. The fourth-order valence-electron chi connectivity index (χ4n) is 0.848. The summed E-state index contributed by atoms with van der Waals surface area (Å²) in [7, 11) is -4.06. The van der Waals surface area contributed by atoms with Crippen molar-refractivity contribution in [2.45, 2.75) is 6.92 Å². The third-order valence-corrected chi connectivity index (χ3v) is 1.78. The van der Waals surface area contributed by atoms with Gasteiger partial charge >= 0.3 is 10.1 Å². The zero-order valence-corrected chi connectivity index (χ0v) is 7.91. The molecule has 0 saturated carbocycles. The molecule has 0 atom stereocenters. The molecule has 0 bridgehead atoms. The van der Waals surface area contributed by atoms with Crippen LogP contribution < -0.4 is 4.74 Å². The van der Waals surface area contributed by atoms with Crippen LogP contribution in [0, 0.1) is 6.92 Å². The molecule has 0 heterocycles. The van der Waals surface area contributed by atoms with Crippen molar-refractivity contribution in [1.82, 2.24) is 0 Å². The van der Waals surface area contributed by atoms with Gasteiger partial charge < -0.3 is 4.74 Å². The van der Waals surface area contributed by atoms with Crippen LogP contribution in [-0.4, -0.2) is 18.9 Å². The molecule has 1 rings (SSSR count). The van der Waals surface area contributed by atoms with E-state index in [0.717, 1.165) is 5.56 Å². The van der Waals surface area contributed by atoms with Crippen LogP contribution in [0.2, 0.25) is 0 Å². The number of rotatable bonds is 3. The van der Waals surface area contributed by atoms with Crippen molar-refractivity contribution in [2.75, 3.05) is 5.94 Å². The molecule has 0 aromatic heterocycles. The average molecular weight is 202 g/mol. The molecule has 4 nitrogen and oxygen atoms in total. The second-order valence-corrected chi connectivity index (χ2v) is 4.06. The molecule has 1 aromatic carbocycles. The number of hydrogen-bond acceptors (Lipinski definition) is 3. The minimum atomic E-state index is -4.06. The van der Waals surface area contributed by atoms with Gasteiger partial charge in [-0.05, 0) is 24.6 Å². The van der Waals surface area contributed by atoms with E-state index in [0.29, 0.717) is 5.75 Å². The van der Waals surface area contributed by atoms with Crippen molar-refractivity contribution in [1.29, 1.82) is 0 Å². The molecule has 1 N–H and O–H groups in total. The molecule has 13 heavy (non-hydrogen) atoms. The molecule has 0 unspecified atom stereocenters. The Kier molecular flexibility index (Phi) is 2.90. The summed E-state index contributed by atoms with van der Waals surface area (Å²) in [5.74, 6) is -0.283. The van der Waals surface area contributed by atoms with Crippen molar-refractivity contribution in [2.24, 2.45) is 0 Å². The van der Waals surface area contributed by atoms with Gasteiger partial charge in [-0.2, -0.15) is 8.42 Å². The molecule has 0 aliphatic heterocycles. The standard InChI is InChI=1S/C8H10O4S/c1-7-3-2-4-8(5-7)12-6-13(9,10)11/h2-5H,6H2,1H3,(H,9,10,11). The molecule has 72 valence electrons. The Hall–Kier alpha value is -1.07. The van der Waals surface area contributed by atoms with E-state index in [1.165, 1.54) is 0 Å². The second kappa shape index (κ2) is 3.76. The number of ether oxygens (including phenoxy) is 1. The van der Waals surface area contributed by atoms with Gasteiger partial charge in [-0.25, -0.2) is 0 Å². The number of aryl methyl sites for hydroxylation is 1. The van der Waals surface area contributed by atoms with Gasteiger partial charge in [-0.15, -0.1) is 0 Å². The van der Waals surface area contributed by atoms with Crippen molar-refractivity contribution < 1.29 is 17.7 Å². The smallest absolute Gasteiger partial charge is 0.300 e. The van der Waals surface area contributed by atoms with Crippen LogP contribution in [0.3, 0.4) is 0 Å². The average Bonchev–Trinajstić information content (AvgIpc) is 2.00. The van der Waals surface area contributed by atoms with Crippen LogP contribution in [0.1, 0.15) is 5.56 Å². The van der Waals surface area contributed by atoms with E-state index in [2.05, 4.69) is 0 Å². The van der Waals surface area contributed by atoms with Gasteiger partial charge in [0.1, 0.15) is 5.75 Å². The maximum atomic E-state index is 10.3. The molecule has 1 aromatic rings. The van der Waals surface area contributed by atoms with E-state index >= 15 is 0 Å². The van der Waals surface area contributed by atoms with Gasteiger partial charge in [0.15, 0.2) is 0 Å². The van der Waals surface area contributed by atoms with E-state index in [1.807, 2.05) is 13.0 Å². The maximum absolute atomic E-state index is 10.3. The van der Waals surface area contributed by atoms with Crippen LogP contribution >= 0.6 is 0 Å². The van der Waals surface area contributed by atoms with E-state index in [1.54, 1.807) is 18.2 Å². The molecule has 0 spiro atoms. The van der Waals surface area contributed by atoms with Gasteiger partial charge in [0.2, 0.25) is 5.94 Å². The first kappa shape index (κ1) is 10.0. The lowest BCUT2D eigenvalue weighted by atomic mass is 10.2. The molecular weight excluding hydrogens is 192 g/mol. The summed E-state index contributed by atoms with van der Waals surface area (Å²) in [6.07, 6.45) is 0. The number of hydrogen-bond donors (Lipinski definition) is 1. The fraction of sp³-hybridized carbons (Fsp3) is 0.250. The van der Waals surface area contributed by atoms with Crippen LogP contribution in [0.4, 0.5) is 0 Å². The van der Waals surface area contributed by atoms with Gasteiger partial charge in [0.05, 0.1) is 0 Å². The van der Waals surface area contributed by atoms with Crippen molar-refractivity contribution in [3.8, 4) is 5.75 Å². The highest BCUT2D eigenvalue weighted by molar-refractivity contribution is 7.85. The summed E-state index contributed by atoms with van der Waals surface area (Å²) >= 11 is 0. The van der Waals surface area contributed by atoms with E-state index in [-0.39, 0.29) is 0 Å². The summed E-state index contributed by atoms with van der Waals surface area (Å²) in [5, 5.41) is 0. The van der Waals surface area contributed by atoms with Crippen LogP contribution in [0.25, 0.3) is 0 Å². The lowest BCUT2D eigenvalue weighted by Crippen LogP contribution is -2.10. The Morgan fingerprint density at radius 1 is 1.46 bits per heavy atom. The first-order valence-corrected chi connectivity index (χ1v) is 5.23. The normalized spacial score (nSPS) is 11.2. The summed E-state index contributed by atoms with van der Waals surface area (Å²) in [4.78, 5) is 0. The van der Waals surface area contributed by atoms with Crippen LogP contribution in [0.15, 0.2) is 24.3 Å². The fourth-order valence-corrected chi connectivity index (χ4v) is 1.13. The second-order valence-electron chi connectivity index (χ2n) is 2.66. The largest absolute Gasteiger partial charge is 0.475 e. The molecule has 0 fully saturated rings. The molecule has 0 aliphatic rings. The Labute approximate surface area is 76.9 Å². The zero-order valence-electron chi connectivity index (χ0n) is 7.10. The van der Waals surface area contributed by atoms with Crippen LogP contribution in [-0.2, 0) is 10.1 Å². The molecular formula is C8H10O4S. The van der Waals surface area contributed by atoms with Crippen molar-refractivity contribution in [3.63, 3.8) is 0 Å². The van der Waals surface area contributed by atoms with Gasteiger partial charge in [-0.1, -0.05) is 12.1 Å². The number of benzene rings is 1. The SMILES string of the molecule is Cc1cccc(OCS(=O)(=O)O)c1. The summed E-state index contributed by atoms with van der Waals surface area (Å²) in [6.45, 7) is 1.86. The van der Waals surface area contributed by atoms with E-state index < -0.39 is 16.1 Å². The van der Waals surface area contributed by atoms with E-state index in [4.69, 9.17) is 9.29 Å². The third kappa shape index (κ3) is 3.91. The van der Waals surface area contributed by atoms with E-state index in [9.17, 15) is 8.42 Å².